The number of benzene rings is 2. The normalized spacial score (nSPS) is 15.4. The van der Waals surface area contributed by atoms with Gasteiger partial charge in [0.05, 0.1) is 31.9 Å². The van der Waals surface area contributed by atoms with Gasteiger partial charge in [0.25, 0.3) is 0 Å². The van der Waals surface area contributed by atoms with Crippen molar-refractivity contribution >= 4 is 28.6 Å². The van der Waals surface area contributed by atoms with Gasteiger partial charge in [0, 0.05) is 11.5 Å². The number of nitrogens with zero attached hydrogens (tertiary/aromatic N) is 2. The van der Waals surface area contributed by atoms with Crippen molar-refractivity contribution in [2.45, 2.75) is 12.5 Å². The summed E-state index contributed by atoms with van der Waals surface area (Å²) in [6, 6.07) is 15.8. The van der Waals surface area contributed by atoms with E-state index in [4.69, 9.17) is 14.3 Å². The number of esters is 1. The molecule has 0 radical (unpaired) electrons. The van der Waals surface area contributed by atoms with Gasteiger partial charge >= 0.3 is 5.97 Å². The van der Waals surface area contributed by atoms with Gasteiger partial charge in [-0.3, -0.25) is 14.2 Å². The lowest BCUT2D eigenvalue weighted by molar-refractivity contribution is -0.143. The van der Waals surface area contributed by atoms with E-state index in [-0.39, 0.29) is 12.2 Å². The highest BCUT2D eigenvalue weighted by molar-refractivity contribution is 5.92. The summed E-state index contributed by atoms with van der Waals surface area (Å²) in [4.78, 5) is 29.6. The van der Waals surface area contributed by atoms with E-state index < -0.39 is 12.0 Å². The zero-order valence-electron chi connectivity index (χ0n) is 15.4. The molecule has 0 fully saturated rings. The Hall–Kier alpha value is -3.54. The first-order chi connectivity index (χ1) is 13.7. The molecular weight excluding hydrogens is 360 g/mol. The van der Waals surface area contributed by atoms with Crippen molar-refractivity contribution in [2.24, 2.45) is 0 Å². The van der Waals surface area contributed by atoms with Gasteiger partial charge in [0.15, 0.2) is 5.94 Å². The lowest BCUT2D eigenvalue weighted by atomic mass is 10.1. The summed E-state index contributed by atoms with van der Waals surface area (Å²) < 4.78 is 12.4. The monoisotopic (exact) mass is 378 g/mol. The van der Waals surface area contributed by atoms with Crippen LogP contribution in [-0.4, -0.2) is 35.8 Å². The minimum atomic E-state index is -0.518. The van der Waals surface area contributed by atoms with Gasteiger partial charge in [-0.15, -0.1) is 0 Å². The molecule has 0 saturated heterocycles. The largest absolute Gasteiger partial charge is 0.497 e. The van der Waals surface area contributed by atoms with Gasteiger partial charge in [-0.2, -0.15) is 0 Å². The number of para-hydroxylation sites is 1. The minimum Gasteiger partial charge on any atom is -0.497 e. The molecule has 1 unspecified atom stereocenters. The maximum atomic E-state index is 12.5. The summed E-state index contributed by atoms with van der Waals surface area (Å²) in [6.45, 7) is 0. The van der Waals surface area contributed by atoms with Crippen LogP contribution in [0.4, 0.5) is 0 Å². The summed E-state index contributed by atoms with van der Waals surface area (Å²) >= 11 is 0. The number of methoxy groups -OCH3 is 1. The Morgan fingerprint density at radius 3 is 2.54 bits per heavy atom. The first-order valence-electron chi connectivity index (χ1n) is 8.70. The number of fused-ring (bicyclic) bond motifs is 3. The standard InChI is InChI=1S/C21H18N2O5/c1-26-16-9-8-14-10-18-19(12-21(25)28-15-6-4-3-5-7-15)23(27-2)20(13-24)22(18)17(14)11-16/h3-11,19H,12H2,1-2H3. The third kappa shape index (κ3) is 2.93. The molecule has 0 aliphatic carbocycles. The first-order valence-corrected chi connectivity index (χ1v) is 8.70. The van der Waals surface area contributed by atoms with Crippen molar-refractivity contribution in [2.75, 3.05) is 14.2 Å². The van der Waals surface area contributed by atoms with Crippen LogP contribution in [0.2, 0.25) is 0 Å². The van der Waals surface area contributed by atoms with Crippen LogP contribution in [-0.2, 0) is 14.4 Å². The average Bonchev–Trinajstić information content (AvgIpc) is 3.22. The molecule has 3 aromatic rings. The predicted molar refractivity (Wildman–Crippen MR) is 102 cm³/mol. The van der Waals surface area contributed by atoms with Crippen molar-refractivity contribution in [1.82, 2.24) is 9.63 Å². The fourth-order valence-corrected chi connectivity index (χ4v) is 3.49. The number of ether oxygens (including phenoxy) is 2. The van der Waals surface area contributed by atoms with Gasteiger partial charge in [-0.25, -0.2) is 9.86 Å². The van der Waals surface area contributed by atoms with Crippen LogP contribution in [0.1, 0.15) is 18.2 Å². The molecule has 2 heterocycles. The van der Waals surface area contributed by atoms with Crippen LogP contribution in [0.3, 0.4) is 0 Å². The zero-order chi connectivity index (χ0) is 19.7. The Morgan fingerprint density at radius 1 is 1.07 bits per heavy atom. The molecule has 1 aliphatic rings. The molecule has 2 aromatic carbocycles. The van der Waals surface area contributed by atoms with Gasteiger partial charge in [-0.1, -0.05) is 18.2 Å². The van der Waals surface area contributed by atoms with Crippen molar-refractivity contribution in [3.05, 3.63) is 60.3 Å². The number of hydrogen-bond acceptors (Lipinski definition) is 6. The van der Waals surface area contributed by atoms with Gasteiger partial charge < -0.3 is 9.47 Å². The second kappa shape index (κ2) is 7.23. The zero-order valence-corrected chi connectivity index (χ0v) is 15.4. The van der Waals surface area contributed by atoms with E-state index in [1.54, 1.807) is 35.9 Å². The van der Waals surface area contributed by atoms with Gasteiger partial charge in [-0.05, 0) is 30.3 Å². The predicted octanol–water partition coefficient (Wildman–Crippen LogP) is 3.19. The van der Waals surface area contributed by atoms with E-state index in [9.17, 15) is 9.59 Å². The van der Waals surface area contributed by atoms with E-state index in [2.05, 4.69) is 0 Å². The van der Waals surface area contributed by atoms with E-state index in [0.29, 0.717) is 11.5 Å². The Balaban J connectivity index is 1.72. The molecule has 28 heavy (non-hydrogen) atoms. The smallest absolute Gasteiger partial charge is 0.313 e. The van der Waals surface area contributed by atoms with Crippen LogP contribution in [0.25, 0.3) is 16.7 Å². The molecule has 7 nitrogen and oxygen atoms in total. The first kappa shape index (κ1) is 17.9. The highest BCUT2D eigenvalue weighted by atomic mass is 16.7. The number of rotatable bonds is 5. The van der Waals surface area contributed by atoms with E-state index >= 15 is 0 Å². The highest BCUT2D eigenvalue weighted by Crippen LogP contribution is 2.42. The van der Waals surface area contributed by atoms with Crippen LogP contribution in [0.5, 0.6) is 11.5 Å². The molecule has 0 amide bonds. The molecular formula is C21H18N2O5. The Morgan fingerprint density at radius 2 is 1.86 bits per heavy atom. The van der Waals surface area contributed by atoms with E-state index in [1.165, 1.54) is 12.2 Å². The molecule has 1 aromatic heterocycles. The number of aromatic nitrogens is 1. The van der Waals surface area contributed by atoms with Crippen LogP contribution in [0, 0.1) is 0 Å². The second-order valence-corrected chi connectivity index (χ2v) is 6.27. The van der Waals surface area contributed by atoms with Crippen LogP contribution < -0.4 is 9.47 Å². The Kier molecular flexibility index (Phi) is 4.61. The Labute approximate surface area is 161 Å². The van der Waals surface area contributed by atoms with Gasteiger partial charge in [0.2, 0.25) is 5.82 Å². The molecule has 0 bridgehead atoms. The third-order valence-corrected chi connectivity index (χ3v) is 4.71. The van der Waals surface area contributed by atoms with Crippen molar-refractivity contribution in [3.63, 3.8) is 0 Å². The lowest BCUT2D eigenvalue weighted by Gasteiger charge is -2.22. The second-order valence-electron chi connectivity index (χ2n) is 6.27. The summed E-state index contributed by atoms with van der Waals surface area (Å²) in [5.41, 5.74) is 1.52. The summed E-state index contributed by atoms with van der Waals surface area (Å²) in [5, 5.41) is 2.30. The number of carbonyl (C=O) groups excluding carboxylic acids is 2. The molecule has 7 heteroatoms. The molecule has 0 saturated carbocycles. The molecule has 0 N–H and O–H groups in total. The molecule has 1 aliphatic heterocycles. The number of hydroxylamine groups is 2. The minimum absolute atomic E-state index is 0.00136. The Bertz CT molecular complexity index is 1080. The van der Waals surface area contributed by atoms with E-state index in [1.807, 2.05) is 36.3 Å². The summed E-state index contributed by atoms with van der Waals surface area (Å²) in [5.74, 6) is 2.80. The van der Waals surface area contributed by atoms with Crippen molar-refractivity contribution in [1.29, 1.82) is 0 Å². The number of carbonyl (C=O) groups is 1. The van der Waals surface area contributed by atoms with Crippen LogP contribution in [0.15, 0.2) is 54.6 Å². The summed E-state index contributed by atoms with van der Waals surface area (Å²) in [7, 11) is 3.03. The SMILES string of the molecule is COc1ccc2cc3n(c2c1)C(=C=O)N(OC)C3CC(=O)Oc1ccccc1. The lowest BCUT2D eigenvalue weighted by Crippen LogP contribution is -2.25. The fraction of sp³-hybridized carbons (Fsp3) is 0.190. The van der Waals surface area contributed by atoms with Gasteiger partial charge in [0.1, 0.15) is 17.5 Å². The average molecular weight is 378 g/mol. The fourth-order valence-electron chi connectivity index (χ4n) is 3.49. The molecule has 0 spiro atoms. The van der Waals surface area contributed by atoms with E-state index in [0.717, 1.165) is 16.6 Å². The maximum Gasteiger partial charge on any atom is 0.313 e. The third-order valence-electron chi connectivity index (χ3n) is 4.71. The maximum absolute atomic E-state index is 12.5. The van der Waals surface area contributed by atoms with Crippen molar-refractivity contribution in [3.8, 4) is 11.5 Å². The quantitative estimate of drug-likeness (QED) is 0.386. The highest BCUT2D eigenvalue weighted by Gasteiger charge is 2.39. The van der Waals surface area contributed by atoms with Crippen molar-refractivity contribution < 1.29 is 23.9 Å². The topological polar surface area (TPSA) is 70.0 Å². The summed E-state index contributed by atoms with van der Waals surface area (Å²) in [6.07, 6.45) is 0.00136. The number of hydrogen-bond donors (Lipinski definition) is 0. The molecule has 1 atom stereocenters. The molecule has 142 valence electrons. The van der Waals surface area contributed by atoms with Crippen LogP contribution >= 0.6 is 0 Å². The molecule has 4 rings (SSSR count).